The van der Waals surface area contributed by atoms with Crippen molar-refractivity contribution in [1.29, 1.82) is 0 Å². The van der Waals surface area contributed by atoms with Gasteiger partial charge in [0.15, 0.2) is 0 Å². The van der Waals surface area contributed by atoms with Crippen LogP contribution in [0.2, 0.25) is 0 Å². The van der Waals surface area contributed by atoms with Crippen LogP contribution >= 0.6 is 11.3 Å². The maximum atomic E-state index is 14.1. The Hall–Kier alpha value is -3.20. The summed E-state index contributed by atoms with van der Waals surface area (Å²) >= 11 is 1.41. The van der Waals surface area contributed by atoms with Gasteiger partial charge in [-0.15, -0.1) is 11.3 Å². The monoisotopic (exact) mass is 442 g/mol. The second kappa shape index (κ2) is 9.30. The molecule has 160 valence electrons. The molecule has 1 aliphatic rings. The van der Waals surface area contributed by atoms with E-state index in [1.165, 1.54) is 48.2 Å². The molecule has 6 nitrogen and oxygen atoms in total. The number of aromatic nitrogens is 1. The van der Waals surface area contributed by atoms with Crippen LogP contribution in [0.5, 0.6) is 0 Å². The van der Waals surface area contributed by atoms with Gasteiger partial charge >= 0.3 is 0 Å². The number of halogens is 2. The Morgan fingerprint density at radius 3 is 2.52 bits per heavy atom. The van der Waals surface area contributed by atoms with Crippen LogP contribution in [0.25, 0.3) is 11.3 Å². The average molecular weight is 442 g/mol. The van der Waals surface area contributed by atoms with E-state index in [4.69, 9.17) is 4.99 Å². The SMILES string of the molecule is O=[N+]([O-])c1ccc(-c2csc(=NC3CCCCC3)n2N=Cc2ccc(F)cc2F)cc1. The molecule has 0 radical (unpaired) electrons. The summed E-state index contributed by atoms with van der Waals surface area (Å²) in [5.74, 6) is -1.36. The maximum absolute atomic E-state index is 14.1. The first-order valence-corrected chi connectivity index (χ1v) is 10.9. The Kier molecular flexibility index (Phi) is 6.31. The fraction of sp³-hybridized carbons (Fsp3) is 0.273. The predicted octanol–water partition coefficient (Wildman–Crippen LogP) is 5.52. The third kappa shape index (κ3) is 4.93. The van der Waals surface area contributed by atoms with E-state index in [1.807, 2.05) is 5.38 Å². The molecule has 0 amide bonds. The van der Waals surface area contributed by atoms with E-state index in [-0.39, 0.29) is 17.3 Å². The number of hydrogen-bond acceptors (Lipinski definition) is 5. The second-order valence-electron chi connectivity index (χ2n) is 7.35. The quantitative estimate of drug-likeness (QED) is 0.297. The number of benzene rings is 2. The van der Waals surface area contributed by atoms with Crippen molar-refractivity contribution in [1.82, 2.24) is 4.68 Å². The Bertz CT molecular complexity index is 1180. The molecular formula is C22H20F2N4O2S. The molecule has 2 aromatic carbocycles. The predicted molar refractivity (Wildman–Crippen MR) is 116 cm³/mol. The molecule has 0 N–H and O–H groups in total. The molecule has 1 heterocycles. The van der Waals surface area contributed by atoms with E-state index < -0.39 is 16.6 Å². The van der Waals surface area contributed by atoms with E-state index in [1.54, 1.807) is 16.8 Å². The van der Waals surface area contributed by atoms with Gasteiger partial charge in [-0.2, -0.15) is 5.10 Å². The van der Waals surface area contributed by atoms with Crippen LogP contribution in [0, 0.1) is 21.7 Å². The van der Waals surface area contributed by atoms with Crippen LogP contribution in [-0.2, 0) is 0 Å². The van der Waals surface area contributed by atoms with Crippen LogP contribution < -0.4 is 4.80 Å². The van der Waals surface area contributed by atoms with E-state index in [0.29, 0.717) is 10.5 Å². The lowest BCUT2D eigenvalue weighted by Gasteiger charge is -2.16. The summed E-state index contributed by atoms with van der Waals surface area (Å²) in [6, 6.07) is 9.67. The molecule has 1 saturated carbocycles. The highest BCUT2D eigenvalue weighted by Gasteiger charge is 2.15. The van der Waals surface area contributed by atoms with Gasteiger partial charge < -0.3 is 0 Å². The van der Waals surface area contributed by atoms with Crippen molar-refractivity contribution in [2.24, 2.45) is 10.1 Å². The highest BCUT2D eigenvalue weighted by atomic mass is 32.1. The minimum atomic E-state index is -0.706. The first kappa shape index (κ1) is 21.0. The molecule has 0 atom stereocenters. The van der Waals surface area contributed by atoms with Crippen molar-refractivity contribution in [2.45, 2.75) is 38.1 Å². The van der Waals surface area contributed by atoms with E-state index in [2.05, 4.69) is 5.10 Å². The van der Waals surface area contributed by atoms with Crippen LogP contribution in [0.4, 0.5) is 14.5 Å². The maximum Gasteiger partial charge on any atom is 0.269 e. The molecule has 0 spiro atoms. The lowest BCUT2D eigenvalue weighted by atomic mass is 9.96. The zero-order valence-electron chi connectivity index (χ0n) is 16.6. The van der Waals surface area contributed by atoms with Gasteiger partial charge in [0.1, 0.15) is 11.6 Å². The van der Waals surface area contributed by atoms with Crippen molar-refractivity contribution < 1.29 is 13.7 Å². The average Bonchev–Trinajstić information content (AvgIpc) is 3.16. The minimum absolute atomic E-state index is 0.00506. The Labute approximate surface area is 181 Å². The first-order chi connectivity index (χ1) is 15.0. The van der Waals surface area contributed by atoms with Crippen molar-refractivity contribution in [3.8, 4) is 11.3 Å². The van der Waals surface area contributed by atoms with Crippen molar-refractivity contribution in [2.75, 3.05) is 0 Å². The molecule has 1 fully saturated rings. The number of nitro benzene ring substituents is 1. The number of nitrogens with zero attached hydrogens (tertiary/aromatic N) is 4. The van der Waals surface area contributed by atoms with Gasteiger partial charge in [0.2, 0.25) is 4.80 Å². The topological polar surface area (TPSA) is 72.8 Å². The van der Waals surface area contributed by atoms with Gasteiger partial charge in [-0.05, 0) is 37.1 Å². The number of non-ortho nitro benzene ring substituents is 1. The summed E-state index contributed by atoms with van der Waals surface area (Å²) in [5.41, 5.74) is 1.56. The minimum Gasteiger partial charge on any atom is -0.258 e. The van der Waals surface area contributed by atoms with Gasteiger partial charge in [0.05, 0.1) is 22.9 Å². The fourth-order valence-electron chi connectivity index (χ4n) is 3.54. The first-order valence-electron chi connectivity index (χ1n) is 10.00. The molecule has 4 rings (SSSR count). The largest absolute Gasteiger partial charge is 0.269 e. The molecule has 3 aromatic rings. The summed E-state index contributed by atoms with van der Waals surface area (Å²) in [6.45, 7) is 0. The molecule has 31 heavy (non-hydrogen) atoms. The molecule has 0 saturated heterocycles. The van der Waals surface area contributed by atoms with Crippen LogP contribution in [-0.4, -0.2) is 21.9 Å². The normalized spacial score (nSPS) is 15.6. The Balaban J connectivity index is 1.77. The molecule has 0 aliphatic heterocycles. The molecular weight excluding hydrogens is 422 g/mol. The third-order valence-corrected chi connectivity index (χ3v) is 6.03. The van der Waals surface area contributed by atoms with Crippen LogP contribution in [0.1, 0.15) is 37.7 Å². The lowest BCUT2D eigenvalue weighted by Crippen LogP contribution is -2.19. The highest BCUT2D eigenvalue weighted by Crippen LogP contribution is 2.24. The van der Waals surface area contributed by atoms with Gasteiger partial charge in [-0.1, -0.05) is 19.3 Å². The molecule has 0 bridgehead atoms. The smallest absolute Gasteiger partial charge is 0.258 e. The zero-order chi connectivity index (χ0) is 21.8. The fourth-order valence-corrected chi connectivity index (χ4v) is 4.45. The number of hydrogen-bond donors (Lipinski definition) is 0. The Morgan fingerprint density at radius 1 is 1.10 bits per heavy atom. The van der Waals surface area contributed by atoms with Crippen LogP contribution in [0.15, 0.2) is 57.9 Å². The summed E-state index contributed by atoms with van der Waals surface area (Å²) < 4.78 is 28.9. The second-order valence-corrected chi connectivity index (χ2v) is 8.19. The zero-order valence-corrected chi connectivity index (χ0v) is 17.4. The van der Waals surface area contributed by atoms with Gasteiger partial charge in [0.25, 0.3) is 5.69 Å². The number of thiazole rings is 1. The number of rotatable bonds is 5. The number of nitro groups is 1. The third-order valence-electron chi connectivity index (χ3n) is 5.20. The van der Waals surface area contributed by atoms with Crippen molar-refractivity contribution in [3.63, 3.8) is 0 Å². The van der Waals surface area contributed by atoms with Gasteiger partial charge in [0, 0.05) is 34.7 Å². The standard InChI is InChI=1S/C22H20F2N4O2S/c23-17-9-6-16(20(24)12-17)13-25-27-21(15-7-10-19(11-8-15)28(29)30)14-31-22(27)26-18-4-2-1-3-5-18/h6-14,18H,1-5H2. The van der Waals surface area contributed by atoms with Crippen LogP contribution in [0.3, 0.4) is 0 Å². The van der Waals surface area contributed by atoms with E-state index in [9.17, 15) is 18.9 Å². The van der Waals surface area contributed by atoms with Gasteiger partial charge in [-0.25, -0.2) is 13.5 Å². The summed E-state index contributed by atoms with van der Waals surface area (Å²) in [5, 5.41) is 17.3. The van der Waals surface area contributed by atoms with E-state index >= 15 is 0 Å². The lowest BCUT2D eigenvalue weighted by molar-refractivity contribution is -0.384. The molecule has 1 aromatic heterocycles. The van der Waals surface area contributed by atoms with Crippen molar-refractivity contribution in [3.05, 3.63) is 80.0 Å². The summed E-state index contributed by atoms with van der Waals surface area (Å²) in [4.78, 5) is 16.0. The Morgan fingerprint density at radius 2 is 1.84 bits per heavy atom. The van der Waals surface area contributed by atoms with Gasteiger partial charge in [-0.3, -0.25) is 15.1 Å². The highest BCUT2D eigenvalue weighted by molar-refractivity contribution is 7.07. The summed E-state index contributed by atoms with van der Waals surface area (Å²) in [7, 11) is 0. The van der Waals surface area contributed by atoms with E-state index in [0.717, 1.165) is 37.3 Å². The van der Waals surface area contributed by atoms with Crippen molar-refractivity contribution >= 4 is 23.2 Å². The summed E-state index contributed by atoms with van der Waals surface area (Å²) in [6.07, 6.45) is 6.85. The molecule has 9 heteroatoms. The molecule has 1 aliphatic carbocycles. The molecule has 0 unspecified atom stereocenters.